The largest absolute Gasteiger partial charge is 0.461 e. The van der Waals surface area contributed by atoms with Gasteiger partial charge in [0.2, 0.25) is 0 Å². The highest BCUT2D eigenvalue weighted by molar-refractivity contribution is 5.85. The second-order valence-electron chi connectivity index (χ2n) is 10.6. The van der Waals surface area contributed by atoms with Gasteiger partial charge in [0, 0.05) is 7.05 Å². The minimum Gasteiger partial charge on any atom is -0.461 e. The summed E-state index contributed by atoms with van der Waals surface area (Å²) in [6, 6.07) is 8.84. The molecule has 0 aliphatic carbocycles. The molecule has 7 nitrogen and oxygen atoms in total. The molecule has 1 N–H and O–H groups in total. The number of amides is 1. The van der Waals surface area contributed by atoms with Crippen LogP contribution in [-0.4, -0.2) is 59.3 Å². The van der Waals surface area contributed by atoms with Gasteiger partial charge in [-0.1, -0.05) is 76.8 Å². The van der Waals surface area contributed by atoms with Gasteiger partial charge in [-0.15, -0.1) is 0 Å². The molecular weight excluding hydrogens is 458 g/mol. The average molecular weight is 504 g/mol. The third kappa shape index (κ3) is 9.23. The highest BCUT2D eigenvalue weighted by Crippen LogP contribution is 2.24. The summed E-state index contributed by atoms with van der Waals surface area (Å²) in [5.74, 6) is -2.06. The van der Waals surface area contributed by atoms with Crippen LogP contribution in [-0.2, 0) is 30.3 Å². The smallest absolute Gasteiger partial charge is 0.313 e. The molecule has 1 aromatic carbocycles. The molecule has 0 spiro atoms. The molecule has 1 heterocycles. The van der Waals surface area contributed by atoms with Gasteiger partial charge in [0.25, 0.3) is 5.91 Å². The van der Waals surface area contributed by atoms with E-state index in [2.05, 4.69) is 6.92 Å². The van der Waals surface area contributed by atoms with Crippen molar-refractivity contribution in [2.45, 2.75) is 110 Å². The molecule has 0 unspecified atom stereocenters. The number of likely N-dealkylation sites (N-methyl/N-ethyl adjacent to an activating group) is 1. The van der Waals surface area contributed by atoms with E-state index < -0.39 is 42.2 Å². The van der Waals surface area contributed by atoms with Gasteiger partial charge in [0.1, 0.15) is 6.10 Å². The van der Waals surface area contributed by atoms with Crippen LogP contribution in [0.15, 0.2) is 30.3 Å². The van der Waals surface area contributed by atoms with Gasteiger partial charge in [-0.25, -0.2) is 0 Å². The van der Waals surface area contributed by atoms with Crippen molar-refractivity contribution in [1.29, 1.82) is 0 Å². The van der Waals surface area contributed by atoms with Crippen LogP contribution in [0.1, 0.15) is 84.6 Å². The number of carbonyl (C=O) groups is 3. The molecule has 7 heteroatoms. The maximum absolute atomic E-state index is 13.6. The maximum atomic E-state index is 13.6. The topological polar surface area (TPSA) is 93.1 Å². The van der Waals surface area contributed by atoms with E-state index in [1.54, 1.807) is 14.0 Å². The first-order chi connectivity index (χ1) is 17.1. The number of ether oxygens (including phenoxy) is 2. The number of aliphatic hydroxyl groups is 1. The van der Waals surface area contributed by atoms with Crippen molar-refractivity contribution in [3.8, 4) is 0 Å². The zero-order valence-corrected chi connectivity index (χ0v) is 22.7. The average Bonchev–Trinajstić information content (AvgIpc) is 2.84. The normalized spacial score (nSPS) is 26.2. The van der Waals surface area contributed by atoms with E-state index in [4.69, 9.17) is 9.47 Å². The molecule has 5 atom stereocenters. The lowest BCUT2D eigenvalue weighted by atomic mass is 9.95. The number of carbonyl (C=O) groups excluding carboxylic acids is 3. The van der Waals surface area contributed by atoms with Crippen LogP contribution in [0.25, 0.3) is 0 Å². The molecule has 202 valence electrons. The van der Waals surface area contributed by atoms with E-state index in [-0.39, 0.29) is 18.2 Å². The number of hydrogen-bond acceptors (Lipinski definition) is 6. The number of benzene rings is 1. The Kier molecular flexibility index (Phi) is 12.4. The molecule has 2 rings (SSSR count). The molecule has 1 aliphatic heterocycles. The number of cyclic esters (lactones) is 2. The molecule has 1 amide bonds. The van der Waals surface area contributed by atoms with Gasteiger partial charge in [0.05, 0.1) is 24.5 Å². The van der Waals surface area contributed by atoms with E-state index in [9.17, 15) is 19.5 Å². The van der Waals surface area contributed by atoms with E-state index in [0.29, 0.717) is 19.3 Å². The summed E-state index contributed by atoms with van der Waals surface area (Å²) in [6.45, 7) is 7.78. The summed E-state index contributed by atoms with van der Waals surface area (Å²) >= 11 is 0. The standard InChI is InChI=1S/C29H45NO6/c1-6-7-8-9-13-16-25-21(4)29(34)36-26(17-20(2)3)28(33)30(5)23(24(31)19-27(32)35-25)18-22-14-11-10-12-15-22/h10-12,14-15,20-21,23-26,31H,6-9,13,16-19H2,1-5H3/t21-,23-,24-,25+,26-/m0/s1. The summed E-state index contributed by atoms with van der Waals surface area (Å²) in [5.41, 5.74) is 0.928. The number of hydrogen-bond donors (Lipinski definition) is 1. The third-order valence-electron chi connectivity index (χ3n) is 6.98. The Labute approximate surface area is 216 Å². The lowest BCUT2D eigenvalue weighted by molar-refractivity contribution is -0.175. The number of unbranched alkanes of at least 4 members (excludes halogenated alkanes) is 4. The molecule has 1 saturated heterocycles. The minimum absolute atomic E-state index is 0.119. The molecular formula is C29H45NO6. The number of aliphatic hydroxyl groups excluding tert-OH is 1. The van der Waals surface area contributed by atoms with Crippen molar-refractivity contribution in [2.24, 2.45) is 11.8 Å². The SMILES string of the molecule is CCCCCCC[C@H]1OC(=O)C[C@H](O)[C@H](Cc2ccccc2)N(C)C(=O)[C@H](CC(C)C)OC(=O)[C@H]1C. The first-order valence-electron chi connectivity index (χ1n) is 13.5. The Bertz CT molecular complexity index is 826. The van der Waals surface area contributed by atoms with Crippen LogP contribution in [0.5, 0.6) is 0 Å². The van der Waals surface area contributed by atoms with Gasteiger partial charge in [-0.05, 0) is 44.1 Å². The van der Waals surface area contributed by atoms with Crippen LogP contribution in [0.2, 0.25) is 0 Å². The van der Waals surface area contributed by atoms with Gasteiger partial charge in [-0.2, -0.15) is 0 Å². The summed E-state index contributed by atoms with van der Waals surface area (Å²) in [6.07, 6.45) is 3.46. The Balaban J connectivity index is 2.32. The fraction of sp³-hybridized carbons (Fsp3) is 0.690. The van der Waals surface area contributed by atoms with Crippen LogP contribution in [0, 0.1) is 11.8 Å². The highest BCUT2D eigenvalue weighted by Gasteiger charge is 2.38. The minimum atomic E-state index is -1.12. The molecule has 1 fully saturated rings. The summed E-state index contributed by atoms with van der Waals surface area (Å²) in [5, 5.41) is 11.1. The van der Waals surface area contributed by atoms with Crippen LogP contribution < -0.4 is 0 Å². The third-order valence-corrected chi connectivity index (χ3v) is 6.98. The monoisotopic (exact) mass is 503 g/mol. The molecule has 36 heavy (non-hydrogen) atoms. The Morgan fingerprint density at radius 2 is 1.69 bits per heavy atom. The first-order valence-corrected chi connectivity index (χ1v) is 13.5. The predicted octanol–water partition coefficient (Wildman–Crippen LogP) is 4.69. The van der Waals surface area contributed by atoms with Gasteiger partial charge in [0.15, 0.2) is 6.10 Å². The Morgan fingerprint density at radius 1 is 1.03 bits per heavy atom. The van der Waals surface area contributed by atoms with Crippen molar-refractivity contribution in [2.75, 3.05) is 7.05 Å². The van der Waals surface area contributed by atoms with E-state index in [1.165, 1.54) is 4.90 Å². The molecule has 1 aromatic rings. The van der Waals surface area contributed by atoms with Crippen molar-refractivity contribution in [3.63, 3.8) is 0 Å². The summed E-state index contributed by atoms with van der Waals surface area (Å²) in [7, 11) is 1.60. The number of nitrogens with zero attached hydrogens (tertiary/aromatic N) is 1. The Hall–Kier alpha value is -2.41. The lowest BCUT2D eigenvalue weighted by Gasteiger charge is -2.36. The molecule has 0 aromatic heterocycles. The highest BCUT2D eigenvalue weighted by atomic mass is 16.6. The number of rotatable bonds is 10. The second-order valence-corrected chi connectivity index (χ2v) is 10.6. The van der Waals surface area contributed by atoms with Crippen LogP contribution >= 0.6 is 0 Å². The van der Waals surface area contributed by atoms with Crippen molar-refractivity contribution in [3.05, 3.63) is 35.9 Å². The zero-order valence-electron chi connectivity index (χ0n) is 22.7. The van der Waals surface area contributed by atoms with Crippen LogP contribution in [0.3, 0.4) is 0 Å². The van der Waals surface area contributed by atoms with Crippen molar-refractivity contribution in [1.82, 2.24) is 4.90 Å². The van der Waals surface area contributed by atoms with Gasteiger partial charge in [-0.3, -0.25) is 14.4 Å². The lowest BCUT2D eigenvalue weighted by Crippen LogP contribution is -2.52. The molecule has 0 radical (unpaired) electrons. The van der Waals surface area contributed by atoms with Gasteiger partial charge < -0.3 is 19.5 Å². The zero-order chi connectivity index (χ0) is 26.7. The fourth-order valence-electron chi connectivity index (χ4n) is 4.69. The van der Waals surface area contributed by atoms with Crippen molar-refractivity contribution >= 4 is 17.8 Å². The molecule has 0 bridgehead atoms. The fourth-order valence-corrected chi connectivity index (χ4v) is 4.69. The van der Waals surface area contributed by atoms with E-state index in [0.717, 1.165) is 37.7 Å². The van der Waals surface area contributed by atoms with Crippen LogP contribution in [0.4, 0.5) is 0 Å². The maximum Gasteiger partial charge on any atom is 0.313 e. The predicted molar refractivity (Wildman–Crippen MR) is 139 cm³/mol. The van der Waals surface area contributed by atoms with Crippen molar-refractivity contribution < 1.29 is 29.0 Å². The summed E-state index contributed by atoms with van der Waals surface area (Å²) < 4.78 is 11.5. The molecule has 0 saturated carbocycles. The summed E-state index contributed by atoms with van der Waals surface area (Å²) in [4.78, 5) is 41.0. The molecule has 1 aliphatic rings. The van der Waals surface area contributed by atoms with Gasteiger partial charge >= 0.3 is 11.9 Å². The Morgan fingerprint density at radius 3 is 2.33 bits per heavy atom. The van der Waals surface area contributed by atoms with E-state index >= 15 is 0 Å². The van der Waals surface area contributed by atoms with E-state index in [1.807, 2.05) is 44.2 Å². The second kappa shape index (κ2) is 15.0. The number of esters is 2. The first kappa shape index (κ1) is 29.8. The quantitative estimate of drug-likeness (QED) is 0.368.